The Balaban J connectivity index is 2.97. The summed E-state index contributed by atoms with van der Waals surface area (Å²) >= 11 is 0. The van der Waals surface area contributed by atoms with Gasteiger partial charge in [0.15, 0.2) is 11.5 Å². The van der Waals surface area contributed by atoms with E-state index in [-0.39, 0.29) is 0 Å². The number of hydrogen-bond acceptors (Lipinski definition) is 2. The molecule has 1 aromatic rings. The van der Waals surface area contributed by atoms with E-state index in [4.69, 9.17) is 9.47 Å². The standard InChI is InChI=1S/C13H18O2/c1-4-7-11-8-9-12(14-5-2)13(10-11)15-6-3/h4,7-10H,5-6H2,1-3H3/b7-4+. The molecule has 0 saturated heterocycles. The quantitative estimate of drug-likeness (QED) is 0.734. The van der Waals surface area contributed by atoms with Gasteiger partial charge in [0.2, 0.25) is 0 Å². The fourth-order valence-electron chi connectivity index (χ4n) is 1.36. The molecule has 1 aromatic carbocycles. The molecule has 0 amide bonds. The summed E-state index contributed by atoms with van der Waals surface area (Å²) in [6.45, 7) is 7.24. The lowest BCUT2D eigenvalue weighted by molar-refractivity contribution is 0.287. The summed E-state index contributed by atoms with van der Waals surface area (Å²) in [6.07, 6.45) is 4.05. The molecule has 0 aliphatic rings. The highest BCUT2D eigenvalue weighted by Crippen LogP contribution is 2.28. The van der Waals surface area contributed by atoms with E-state index in [1.54, 1.807) is 0 Å². The second-order valence-corrected chi connectivity index (χ2v) is 3.07. The fourth-order valence-corrected chi connectivity index (χ4v) is 1.36. The summed E-state index contributed by atoms with van der Waals surface area (Å²) in [5, 5.41) is 0. The van der Waals surface area contributed by atoms with Gasteiger partial charge in [-0.2, -0.15) is 0 Å². The zero-order chi connectivity index (χ0) is 11.1. The molecule has 15 heavy (non-hydrogen) atoms. The van der Waals surface area contributed by atoms with Gasteiger partial charge in [-0.1, -0.05) is 18.2 Å². The Morgan fingerprint density at radius 2 is 1.73 bits per heavy atom. The molecule has 0 atom stereocenters. The Hall–Kier alpha value is -1.44. The Labute approximate surface area is 91.5 Å². The van der Waals surface area contributed by atoms with Crippen molar-refractivity contribution in [2.24, 2.45) is 0 Å². The number of ether oxygens (including phenoxy) is 2. The van der Waals surface area contributed by atoms with Crippen LogP contribution < -0.4 is 9.47 Å². The molecule has 0 bridgehead atoms. The minimum absolute atomic E-state index is 0.652. The van der Waals surface area contributed by atoms with Crippen molar-refractivity contribution in [3.05, 3.63) is 29.8 Å². The van der Waals surface area contributed by atoms with Gasteiger partial charge in [-0.25, -0.2) is 0 Å². The second kappa shape index (κ2) is 6.12. The largest absolute Gasteiger partial charge is 0.490 e. The second-order valence-electron chi connectivity index (χ2n) is 3.07. The van der Waals surface area contributed by atoms with E-state index in [0.29, 0.717) is 13.2 Å². The first-order chi connectivity index (χ1) is 7.31. The van der Waals surface area contributed by atoms with Gasteiger partial charge in [-0.15, -0.1) is 0 Å². The average molecular weight is 206 g/mol. The molecule has 0 spiro atoms. The van der Waals surface area contributed by atoms with Gasteiger partial charge in [-0.3, -0.25) is 0 Å². The van der Waals surface area contributed by atoms with Crippen LogP contribution in [0.3, 0.4) is 0 Å². The van der Waals surface area contributed by atoms with E-state index in [0.717, 1.165) is 17.1 Å². The molecule has 0 aliphatic heterocycles. The summed E-state index contributed by atoms with van der Waals surface area (Å²) in [7, 11) is 0. The lowest BCUT2D eigenvalue weighted by Gasteiger charge is -2.11. The van der Waals surface area contributed by atoms with Gasteiger partial charge in [-0.05, 0) is 38.5 Å². The number of rotatable bonds is 5. The molecule has 2 heteroatoms. The third-order valence-corrected chi connectivity index (χ3v) is 1.93. The van der Waals surface area contributed by atoms with E-state index in [1.165, 1.54) is 0 Å². The minimum atomic E-state index is 0.652. The normalized spacial score (nSPS) is 10.6. The van der Waals surface area contributed by atoms with Crippen molar-refractivity contribution in [1.82, 2.24) is 0 Å². The molecule has 0 aliphatic carbocycles. The van der Waals surface area contributed by atoms with E-state index in [2.05, 4.69) is 0 Å². The van der Waals surface area contributed by atoms with Gasteiger partial charge in [0.1, 0.15) is 0 Å². The van der Waals surface area contributed by atoms with Crippen LogP contribution in [-0.2, 0) is 0 Å². The Kier molecular flexibility index (Phi) is 4.75. The SMILES string of the molecule is C/C=C/c1ccc(OCC)c(OCC)c1. The van der Waals surface area contributed by atoms with Crippen LogP contribution in [0.4, 0.5) is 0 Å². The summed E-state index contributed by atoms with van der Waals surface area (Å²) in [5.41, 5.74) is 1.13. The molecular weight excluding hydrogens is 188 g/mol. The molecule has 2 nitrogen and oxygen atoms in total. The molecule has 0 aromatic heterocycles. The highest BCUT2D eigenvalue weighted by Gasteiger charge is 2.04. The number of benzene rings is 1. The molecule has 1 rings (SSSR count). The topological polar surface area (TPSA) is 18.5 Å². The molecule has 0 radical (unpaired) electrons. The third-order valence-electron chi connectivity index (χ3n) is 1.93. The Morgan fingerprint density at radius 1 is 1.07 bits per heavy atom. The third kappa shape index (κ3) is 3.31. The lowest BCUT2D eigenvalue weighted by atomic mass is 10.2. The monoisotopic (exact) mass is 206 g/mol. The minimum Gasteiger partial charge on any atom is -0.490 e. The van der Waals surface area contributed by atoms with Gasteiger partial charge >= 0.3 is 0 Å². The van der Waals surface area contributed by atoms with Crippen molar-refractivity contribution >= 4 is 6.08 Å². The summed E-state index contributed by atoms with van der Waals surface area (Å²) in [6, 6.07) is 5.96. The smallest absolute Gasteiger partial charge is 0.161 e. The van der Waals surface area contributed by atoms with Gasteiger partial charge < -0.3 is 9.47 Å². The predicted molar refractivity (Wildman–Crippen MR) is 63.5 cm³/mol. The predicted octanol–water partition coefficient (Wildman–Crippen LogP) is 3.52. The molecule has 0 unspecified atom stereocenters. The van der Waals surface area contributed by atoms with Crippen molar-refractivity contribution in [3.8, 4) is 11.5 Å². The van der Waals surface area contributed by atoms with Crippen LogP contribution >= 0.6 is 0 Å². The van der Waals surface area contributed by atoms with Crippen LogP contribution in [0.5, 0.6) is 11.5 Å². The van der Waals surface area contributed by atoms with Crippen LogP contribution in [0, 0.1) is 0 Å². The molecular formula is C13H18O2. The van der Waals surface area contributed by atoms with Crippen molar-refractivity contribution in [2.45, 2.75) is 20.8 Å². The van der Waals surface area contributed by atoms with Crippen LogP contribution in [0.2, 0.25) is 0 Å². The summed E-state index contributed by atoms with van der Waals surface area (Å²) in [4.78, 5) is 0. The first kappa shape index (κ1) is 11.6. The number of allylic oxidation sites excluding steroid dienone is 1. The average Bonchev–Trinajstić information content (AvgIpc) is 2.23. The van der Waals surface area contributed by atoms with Gasteiger partial charge in [0.05, 0.1) is 13.2 Å². The zero-order valence-electron chi connectivity index (χ0n) is 9.62. The fraction of sp³-hybridized carbons (Fsp3) is 0.385. The number of hydrogen-bond donors (Lipinski definition) is 0. The van der Waals surface area contributed by atoms with Crippen LogP contribution in [0.15, 0.2) is 24.3 Å². The van der Waals surface area contributed by atoms with Crippen molar-refractivity contribution in [3.63, 3.8) is 0 Å². The van der Waals surface area contributed by atoms with Crippen LogP contribution in [-0.4, -0.2) is 13.2 Å². The van der Waals surface area contributed by atoms with Crippen molar-refractivity contribution in [1.29, 1.82) is 0 Å². The van der Waals surface area contributed by atoms with E-state index in [9.17, 15) is 0 Å². The molecule has 82 valence electrons. The molecule has 0 heterocycles. The Morgan fingerprint density at radius 3 is 2.33 bits per heavy atom. The summed E-state index contributed by atoms with van der Waals surface area (Å²) < 4.78 is 11.0. The maximum atomic E-state index is 5.52. The molecule has 0 fully saturated rings. The maximum absolute atomic E-state index is 5.52. The molecule has 0 saturated carbocycles. The zero-order valence-corrected chi connectivity index (χ0v) is 9.62. The van der Waals surface area contributed by atoms with E-state index < -0.39 is 0 Å². The van der Waals surface area contributed by atoms with Gasteiger partial charge in [0.25, 0.3) is 0 Å². The lowest BCUT2D eigenvalue weighted by Crippen LogP contribution is -1.98. The van der Waals surface area contributed by atoms with Crippen molar-refractivity contribution in [2.75, 3.05) is 13.2 Å². The van der Waals surface area contributed by atoms with Gasteiger partial charge in [0, 0.05) is 0 Å². The van der Waals surface area contributed by atoms with Crippen LogP contribution in [0.25, 0.3) is 6.08 Å². The van der Waals surface area contributed by atoms with E-state index >= 15 is 0 Å². The maximum Gasteiger partial charge on any atom is 0.161 e. The van der Waals surface area contributed by atoms with Crippen LogP contribution in [0.1, 0.15) is 26.3 Å². The molecule has 0 N–H and O–H groups in total. The van der Waals surface area contributed by atoms with E-state index in [1.807, 2.05) is 51.1 Å². The summed E-state index contributed by atoms with van der Waals surface area (Å²) in [5.74, 6) is 1.63. The highest BCUT2D eigenvalue weighted by molar-refractivity contribution is 5.55. The first-order valence-electron chi connectivity index (χ1n) is 5.34. The first-order valence-corrected chi connectivity index (χ1v) is 5.34. The van der Waals surface area contributed by atoms with Crippen molar-refractivity contribution < 1.29 is 9.47 Å². The Bertz CT molecular complexity index is 329. The highest BCUT2D eigenvalue weighted by atomic mass is 16.5.